The van der Waals surface area contributed by atoms with Gasteiger partial charge in [-0.1, -0.05) is 246 Å². The number of likely N-dealkylation sites (tertiary alicyclic amines) is 1. The maximum absolute atomic E-state index is 2.58. The number of hydrogen-bond acceptors (Lipinski definition) is 1. The van der Waals surface area contributed by atoms with Crippen LogP contribution in [0.25, 0.3) is 0 Å². The predicted octanol–water partition coefficient (Wildman–Crippen LogP) is 23.5. The van der Waals surface area contributed by atoms with Crippen LogP contribution in [0.1, 0.15) is 330 Å². The van der Waals surface area contributed by atoms with Crippen LogP contribution < -0.4 is 0 Å². The molecule has 0 aromatic rings. The zero-order valence-corrected chi connectivity index (χ0v) is 55.5. The second-order valence-electron chi connectivity index (χ2n) is 37.3. The zero-order valence-electron chi connectivity index (χ0n) is 55.5. The van der Waals surface area contributed by atoms with Gasteiger partial charge in [0.05, 0.1) is 0 Å². The SMILES string of the molecule is CC(C)(C)C1CCC(C(C)(C)C)CC1.CC(C)(C)CC1(C(C)(C)C)CCCC1.CC(C)(C)CC1CCC(C(C)(C)C)CC1.CC(C)(C)CC1CCC(C(C)(C)C)CC1.CC(C)(C)CN1CC(C(C)(C)C)C1. The minimum absolute atomic E-state index is 0.461. The third-order valence-corrected chi connectivity index (χ3v) is 19.0. The summed E-state index contributed by atoms with van der Waals surface area (Å²) in [6, 6.07) is 0. The molecular formula is C70H141N. The number of nitrogens with zero attached hydrogens (tertiary/aromatic N) is 1. The van der Waals surface area contributed by atoms with Crippen LogP contribution in [0.15, 0.2) is 0 Å². The van der Waals surface area contributed by atoms with Gasteiger partial charge in [-0.15, -0.1) is 0 Å². The molecule has 0 bridgehead atoms. The van der Waals surface area contributed by atoms with Crippen LogP contribution in [0.3, 0.4) is 0 Å². The van der Waals surface area contributed by atoms with Gasteiger partial charge in [-0.25, -0.2) is 0 Å². The summed E-state index contributed by atoms with van der Waals surface area (Å²) in [4.78, 5) is 2.58. The van der Waals surface area contributed by atoms with Crippen molar-refractivity contribution in [3.63, 3.8) is 0 Å². The fourth-order valence-electron chi connectivity index (χ4n) is 14.2. The molecule has 0 radical (unpaired) electrons. The van der Waals surface area contributed by atoms with Crippen LogP contribution in [0.2, 0.25) is 0 Å². The molecule has 1 saturated heterocycles. The molecule has 0 aromatic heterocycles. The van der Waals surface area contributed by atoms with Gasteiger partial charge in [-0.3, -0.25) is 0 Å². The highest BCUT2D eigenvalue weighted by Gasteiger charge is 2.46. The molecule has 1 heteroatoms. The third-order valence-electron chi connectivity index (χ3n) is 19.0. The molecule has 0 atom stereocenters. The first kappa shape index (κ1) is 69.0. The van der Waals surface area contributed by atoms with E-state index in [4.69, 9.17) is 0 Å². The van der Waals surface area contributed by atoms with Crippen molar-refractivity contribution in [3.8, 4) is 0 Å². The zero-order chi connectivity index (χ0) is 55.7. The van der Waals surface area contributed by atoms with Crippen molar-refractivity contribution in [1.82, 2.24) is 4.90 Å². The molecule has 0 spiro atoms. The van der Waals surface area contributed by atoms with Crippen molar-refractivity contribution in [2.75, 3.05) is 19.6 Å². The first-order chi connectivity index (χ1) is 31.4. The second-order valence-corrected chi connectivity index (χ2v) is 37.3. The molecule has 4 saturated carbocycles. The Hall–Kier alpha value is -0.0400. The minimum Gasteiger partial charge on any atom is -0.302 e. The lowest BCUT2D eigenvalue weighted by atomic mass is 9.59. The summed E-state index contributed by atoms with van der Waals surface area (Å²) in [5.74, 6) is 6.77. The van der Waals surface area contributed by atoms with E-state index in [0.29, 0.717) is 59.6 Å². The molecule has 5 rings (SSSR count). The Bertz CT molecular complexity index is 1330. The van der Waals surface area contributed by atoms with Gasteiger partial charge >= 0.3 is 0 Å². The van der Waals surface area contributed by atoms with Crippen molar-refractivity contribution in [2.45, 2.75) is 330 Å². The fraction of sp³-hybridized carbons (Fsp3) is 1.00. The van der Waals surface area contributed by atoms with Crippen LogP contribution >= 0.6 is 0 Å². The first-order valence-electron chi connectivity index (χ1n) is 31.1. The van der Waals surface area contributed by atoms with E-state index in [1.165, 1.54) is 142 Å². The molecule has 0 amide bonds. The maximum Gasteiger partial charge on any atom is 0.00303 e. The number of hydrogen-bond donors (Lipinski definition) is 0. The Balaban J connectivity index is 0.000000444. The summed E-state index contributed by atoms with van der Waals surface area (Å²) in [6.45, 7) is 75.4. The van der Waals surface area contributed by atoms with E-state index in [1.807, 2.05) is 0 Å². The molecule has 0 N–H and O–H groups in total. The van der Waals surface area contributed by atoms with Gasteiger partial charge in [0.2, 0.25) is 0 Å². The molecular weight excluding hydrogens is 855 g/mol. The molecule has 1 nitrogen and oxygen atoms in total. The Morgan fingerprint density at radius 1 is 0.310 bits per heavy atom. The van der Waals surface area contributed by atoms with E-state index in [-0.39, 0.29) is 0 Å². The van der Waals surface area contributed by atoms with E-state index in [2.05, 4.69) is 213 Å². The van der Waals surface area contributed by atoms with Gasteiger partial charge in [0.1, 0.15) is 0 Å². The lowest BCUT2D eigenvalue weighted by molar-refractivity contribution is 0.00383. The van der Waals surface area contributed by atoms with Crippen molar-refractivity contribution in [3.05, 3.63) is 0 Å². The standard InChI is InChI=1S/2C15H30.2C14H28.C12H25N/c2*1-14(2,3)11-12-7-9-13(10-8-12)15(4,5)6;1-13(2,3)11-7-9-12(10-8-11)14(4,5)6;1-12(2,3)11-14(13(4,5)6)9-7-8-10-14;1-11(2,3)9-13-7-10(8-13)12(4,5)6/h2*12-13H,7-11H2,1-6H3;11-12H,7-10H2,1-6H3;7-11H2,1-6H3;10H,7-9H2,1-6H3. The molecule has 4 aliphatic carbocycles. The van der Waals surface area contributed by atoms with Crippen LogP contribution in [-0.4, -0.2) is 24.5 Å². The Morgan fingerprint density at radius 2 is 0.563 bits per heavy atom. The van der Waals surface area contributed by atoms with Crippen molar-refractivity contribution >= 4 is 0 Å². The smallest absolute Gasteiger partial charge is 0.00303 e. The van der Waals surface area contributed by atoms with Gasteiger partial charge < -0.3 is 4.90 Å². The molecule has 0 aromatic carbocycles. The van der Waals surface area contributed by atoms with Crippen molar-refractivity contribution in [1.29, 1.82) is 0 Å². The van der Waals surface area contributed by atoms with Gasteiger partial charge in [-0.2, -0.15) is 0 Å². The van der Waals surface area contributed by atoms with Crippen LogP contribution in [0, 0.1) is 101 Å². The molecule has 5 fully saturated rings. The van der Waals surface area contributed by atoms with Gasteiger partial charge in [-0.05, 0) is 184 Å². The summed E-state index contributed by atoms with van der Waals surface area (Å²) in [6.07, 6.45) is 27.6. The monoisotopic (exact) mass is 996 g/mol. The summed E-state index contributed by atoms with van der Waals surface area (Å²) in [5, 5.41) is 0. The molecule has 0 unspecified atom stereocenters. The van der Waals surface area contributed by atoms with E-state index >= 15 is 0 Å². The molecule has 71 heavy (non-hydrogen) atoms. The predicted molar refractivity (Wildman–Crippen MR) is 326 cm³/mol. The Kier molecular flexibility index (Phi) is 25.8. The second kappa shape index (κ2) is 26.5. The molecule has 5 aliphatic rings. The van der Waals surface area contributed by atoms with Crippen LogP contribution in [-0.2, 0) is 0 Å². The average Bonchev–Trinajstić information content (AvgIpc) is 3.60. The maximum atomic E-state index is 2.58. The fourth-order valence-corrected chi connectivity index (χ4v) is 14.2. The summed E-state index contributed by atoms with van der Waals surface area (Å²) in [5.41, 5.74) is 5.74. The first-order valence-corrected chi connectivity index (χ1v) is 31.1. The largest absolute Gasteiger partial charge is 0.302 e. The lowest BCUT2D eigenvalue weighted by Crippen LogP contribution is -2.54. The van der Waals surface area contributed by atoms with Gasteiger partial charge in [0, 0.05) is 19.6 Å². The summed E-state index contributed by atoms with van der Waals surface area (Å²) in [7, 11) is 0. The highest BCUT2D eigenvalue weighted by atomic mass is 15.2. The van der Waals surface area contributed by atoms with E-state index in [0.717, 1.165) is 41.4 Å². The quantitative estimate of drug-likeness (QED) is 0.271. The number of rotatable bonds is 4. The highest BCUT2D eigenvalue weighted by Crippen LogP contribution is 2.57. The Morgan fingerprint density at radius 3 is 0.761 bits per heavy atom. The Labute approximate surface area is 453 Å². The molecule has 1 heterocycles. The average molecular weight is 997 g/mol. The highest BCUT2D eigenvalue weighted by molar-refractivity contribution is 4.96. The lowest BCUT2D eigenvalue weighted by Gasteiger charge is -2.48. The van der Waals surface area contributed by atoms with Crippen LogP contribution in [0.5, 0.6) is 0 Å². The minimum atomic E-state index is 0.461. The van der Waals surface area contributed by atoms with E-state index < -0.39 is 0 Å². The van der Waals surface area contributed by atoms with Gasteiger partial charge in [0.25, 0.3) is 0 Å². The normalized spacial score (nSPS) is 26.8. The van der Waals surface area contributed by atoms with Crippen LogP contribution in [0.4, 0.5) is 0 Å². The van der Waals surface area contributed by atoms with Crippen molar-refractivity contribution < 1.29 is 0 Å². The molecule has 1 aliphatic heterocycles. The summed E-state index contributed by atoms with van der Waals surface area (Å²) >= 11 is 0. The topological polar surface area (TPSA) is 3.24 Å². The molecule has 426 valence electrons. The van der Waals surface area contributed by atoms with E-state index in [1.54, 1.807) is 0 Å². The third kappa shape index (κ3) is 28.2. The van der Waals surface area contributed by atoms with E-state index in [9.17, 15) is 0 Å². The van der Waals surface area contributed by atoms with Crippen molar-refractivity contribution in [2.24, 2.45) is 101 Å². The van der Waals surface area contributed by atoms with Gasteiger partial charge in [0.15, 0.2) is 0 Å². The summed E-state index contributed by atoms with van der Waals surface area (Å²) < 4.78 is 0.